The molecule has 0 spiro atoms. The fourth-order valence-electron chi connectivity index (χ4n) is 3.41. The van der Waals surface area contributed by atoms with Crippen molar-refractivity contribution in [1.82, 2.24) is 14.5 Å². The van der Waals surface area contributed by atoms with E-state index in [4.69, 9.17) is 4.74 Å². The molecule has 5 nitrogen and oxygen atoms in total. The highest BCUT2D eigenvalue weighted by atomic mass is 16.5. The maximum absolute atomic E-state index is 12.8. The first kappa shape index (κ1) is 13.4. The second kappa shape index (κ2) is 5.48. The van der Waals surface area contributed by atoms with E-state index in [2.05, 4.69) is 9.55 Å². The molecule has 3 heterocycles. The van der Waals surface area contributed by atoms with Gasteiger partial charge in [0.05, 0.1) is 12.4 Å². The van der Waals surface area contributed by atoms with Crippen molar-refractivity contribution in [2.75, 3.05) is 13.1 Å². The number of ether oxygens (including phenoxy) is 1. The van der Waals surface area contributed by atoms with Gasteiger partial charge in [0.1, 0.15) is 5.75 Å². The van der Waals surface area contributed by atoms with Crippen LogP contribution >= 0.6 is 0 Å². The lowest BCUT2D eigenvalue weighted by molar-refractivity contribution is -0.139. The van der Waals surface area contributed by atoms with E-state index in [1.165, 1.54) is 0 Å². The highest BCUT2D eigenvalue weighted by Gasteiger charge is 2.34. The smallest absolute Gasteiger partial charge is 0.264 e. The Hall–Kier alpha value is -2.30. The molecule has 1 saturated heterocycles. The molecular formula is C17H19N3O2. The molecule has 0 N–H and O–H groups in total. The Kier molecular flexibility index (Phi) is 3.33. The van der Waals surface area contributed by atoms with E-state index >= 15 is 0 Å². The number of nitrogens with zero attached hydrogens (tertiary/aromatic N) is 3. The third-order valence-corrected chi connectivity index (χ3v) is 4.58. The molecule has 0 saturated carbocycles. The van der Waals surface area contributed by atoms with Gasteiger partial charge in [0, 0.05) is 31.9 Å². The van der Waals surface area contributed by atoms with Crippen LogP contribution in [0.1, 0.15) is 24.4 Å². The molecule has 2 aliphatic heterocycles. The molecule has 0 bridgehead atoms. The van der Waals surface area contributed by atoms with Crippen molar-refractivity contribution in [1.29, 1.82) is 0 Å². The first-order chi connectivity index (χ1) is 10.8. The van der Waals surface area contributed by atoms with Crippen molar-refractivity contribution in [3.05, 3.63) is 48.5 Å². The summed E-state index contributed by atoms with van der Waals surface area (Å²) in [6.07, 6.45) is 8.03. The third-order valence-electron chi connectivity index (χ3n) is 4.58. The van der Waals surface area contributed by atoms with Crippen LogP contribution in [0, 0.1) is 0 Å². The molecule has 0 unspecified atom stereocenters. The summed E-state index contributed by atoms with van der Waals surface area (Å²) in [5.41, 5.74) is 1.13. The molecule has 1 fully saturated rings. The minimum absolute atomic E-state index is 0.112. The summed E-state index contributed by atoms with van der Waals surface area (Å²) < 4.78 is 7.94. The van der Waals surface area contributed by atoms with E-state index in [1.807, 2.05) is 41.7 Å². The van der Waals surface area contributed by atoms with E-state index < -0.39 is 0 Å². The second-order valence-electron chi connectivity index (χ2n) is 6.01. The SMILES string of the molecule is O=C([C@H]1Cc2ccccc2O1)N1CCC[C@H](n2ccnc2)C1. The molecule has 5 heteroatoms. The molecule has 4 rings (SSSR count). The summed E-state index contributed by atoms with van der Waals surface area (Å²) in [4.78, 5) is 18.8. The zero-order valence-corrected chi connectivity index (χ0v) is 12.4. The summed E-state index contributed by atoms with van der Waals surface area (Å²) in [5, 5.41) is 0. The van der Waals surface area contributed by atoms with Crippen molar-refractivity contribution in [2.24, 2.45) is 0 Å². The van der Waals surface area contributed by atoms with Crippen LogP contribution < -0.4 is 4.74 Å². The van der Waals surface area contributed by atoms with Gasteiger partial charge in [-0.15, -0.1) is 0 Å². The van der Waals surface area contributed by atoms with Gasteiger partial charge in [-0.2, -0.15) is 0 Å². The van der Waals surface area contributed by atoms with Gasteiger partial charge in [0.15, 0.2) is 6.10 Å². The lowest BCUT2D eigenvalue weighted by atomic mass is 10.0. The number of carbonyl (C=O) groups excluding carboxylic acids is 1. The summed E-state index contributed by atoms with van der Waals surface area (Å²) in [7, 11) is 0. The quantitative estimate of drug-likeness (QED) is 0.852. The number of fused-ring (bicyclic) bond motifs is 1. The first-order valence-corrected chi connectivity index (χ1v) is 7.82. The number of benzene rings is 1. The van der Waals surface area contributed by atoms with Crippen LogP contribution in [0.3, 0.4) is 0 Å². The molecular weight excluding hydrogens is 278 g/mol. The van der Waals surface area contributed by atoms with Crippen LogP contribution in [0.15, 0.2) is 43.0 Å². The standard InChI is InChI=1S/C17H19N3O2/c21-17(16-10-13-4-1-2-6-15(13)22-16)19-8-3-5-14(11-19)20-9-7-18-12-20/h1-2,4,6-7,9,12,14,16H,3,5,8,10-11H2/t14-,16+/m0/s1. The Balaban J connectivity index is 1.45. The summed E-state index contributed by atoms with van der Waals surface area (Å²) >= 11 is 0. The minimum Gasteiger partial charge on any atom is -0.480 e. The lowest BCUT2D eigenvalue weighted by Crippen LogP contribution is -2.46. The van der Waals surface area contributed by atoms with Gasteiger partial charge < -0.3 is 14.2 Å². The van der Waals surface area contributed by atoms with Gasteiger partial charge in [0.25, 0.3) is 5.91 Å². The van der Waals surface area contributed by atoms with E-state index in [9.17, 15) is 4.79 Å². The highest BCUT2D eigenvalue weighted by Crippen LogP contribution is 2.30. The lowest BCUT2D eigenvalue weighted by Gasteiger charge is -2.34. The average Bonchev–Trinajstić information content (AvgIpc) is 3.23. The molecule has 2 atom stereocenters. The monoisotopic (exact) mass is 297 g/mol. The number of likely N-dealkylation sites (tertiary alicyclic amines) is 1. The molecule has 1 aromatic carbocycles. The second-order valence-corrected chi connectivity index (χ2v) is 6.01. The molecule has 1 amide bonds. The van der Waals surface area contributed by atoms with Crippen LogP contribution in [0.25, 0.3) is 0 Å². The van der Waals surface area contributed by atoms with Gasteiger partial charge in [-0.05, 0) is 24.5 Å². The van der Waals surface area contributed by atoms with Crippen LogP contribution in [-0.4, -0.2) is 39.6 Å². The predicted molar refractivity (Wildman–Crippen MR) is 81.6 cm³/mol. The maximum Gasteiger partial charge on any atom is 0.264 e. The Morgan fingerprint density at radius 1 is 1.32 bits per heavy atom. The average molecular weight is 297 g/mol. The number of rotatable bonds is 2. The number of piperidine rings is 1. The number of hydrogen-bond donors (Lipinski definition) is 0. The van der Waals surface area contributed by atoms with Crippen molar-refractivity contribution in [3.8, 4) is 5.75 Å². The van der Waals surface area contributed by atoms with Crippen LogP contribution in [0.2, 0.25) is 0 Å². The van der Waals surface area contributed by atoms with Gasteiger partial charge in [-0.3, -0.25) is 4.79 Å². The van der Waals surface area contributed by atoms with Crippen LogP contribution in [0.5, 0.6) is 5.75 Å². The van der Waals surface area contributed by atoms with Crippen LogP contribution in [-0.2, 0) is 11.2 Å². The topological polar surface area (TPSA) is 47.4 Å². The number of carbonyl (C=O) groups is 1. The Morgan fingerprint density at radius 2 is 2.23 bits per heavy atom. The van der Waals surface area contributed by atoms with Crippen molar-refractivity contribution in [3.63, 3.8) is 0 Å². The Bertz CT molecular complexity index is 643. The van der Waals surface area contributed by atoms with E-state index in [0.29, 0.717) is 12.5 Å². The zero-order chi connectivity index (χ0) is 14.9. The largest absolute Gasteiger partial charge is 0.480 e. The normalized spacial score (nSPS) is 23.9. The molecule has 0 radical (unpaired) electrons. The molecule has 0 aliphatic carbocycles. The Labute approximate surface area is 129 Å². The van der Waals surface area contributed by atoms with Crippen molar-refractivity contribution in [2.45, 2.75) is 31.4 Å². The van der Waals surface area contributed by atoms with Gasteiger partial charge in [-0.1, -0.05) is 18.2 Å². The number of aromatic nitrogens is 2. The van der Waals surface area contributed by atoms with E-state index in [0.717, 1.165) is 37.2 Å². The van der Waals surface area contributed by atoms with Gasteiger partial charge in [-0.25, -0.2) is 4.98 Å². The van der Waals surface area contributed by atoms with Gasteiger partial charge in [0.2, 0.25) is 0 Å². The van der Waals surface area contributed by atoms with Crippen molar-refractivity contribution >= 4 is 5.91 Å². The number of imidazole rings is 1. The number of amides is 1. The molecule has 2 aliphatic rings. The summed E-state index contributed by atoms with van der Waals surface area (Å²) in [6, 6.07) is 8.23. The highest BCUT2D eigenvalue weighted by molar-refractivity contribution is 5.82. The molecule has 22 heavy (non-hydrogen) atoms. The Morgan fingerprint density at radius 3 is 3.05 bits per heavy atom. The van der Waals surface area contributed by atoms with Crippen molar-refractivity contribution < 1.29 is 9.53 Å². The zero-order valence-electron chi connectivity index (χ0n) is 12.4. The molecule has 1 aromatic heterocycles. The fraction of sp³-hybridized carbons (Fsp3) is 0.412. The maximum atomic E-state index is 12.8. The first-order valence-electron chi connectivity index (χ1n) is 7.82. The minimum atomic E-state index is -0.362. The summed E-state index contributed by atoms with van der Waals surface area (Å²) in [6.45, 7) is 1.56. The van der Waals surface area contributed by atoms with Gasteiger partial charge >= 0.3 is 0 Å². The van der Waals surface area contributed by atoms with Crippen LogP contribution in [0.4, 0.5) is 0 Å². The van der Waals surface area contributed by atoms with E-state index in [1.54, 1.807) is 6.20 Å². The third kappa shape index (κ3) is 2.36. The number of para-hydroxylation sites is 1. The number of hydrogen-bond acceptors (Lipinski definition) is 3. The summed E-state index contributed by atoms with van der Waals surface area (Å²) in [5.74, 6) is 0.963. The molecule has 2 aromatic rings. The van der Waals surface area contributed by atoms with E-state index in [-0.39, 0.29) is 12.0 Å². The molecule has 114 valence electrons. The predicted octanol–water partition coefficient (Wildman–Crippen LogP) is 2.05. The fourth-order valence-corrected chi connectivity index (χ4v) is 3.41.